The molecule has 108 valence electrons. The molecule has 0 fully saturated rings. The molecule has 0 saturated heterocycles. The van der Waals surface area contributed by atoms with E-state index in [1.54, 1.807) is 6.20 Å². The van der Waals surface area contributed by atoms with Crippen molar-refractivity contribution in [2.45, 2.75) is 0 Å². The summed E-state index contributed by atoms with van der Waals surface area (Å²) in [6, 6.07) is 6.39. The van der Waals surface area contributed by atoms with Gasteiger partial charge < -0.3 is 0 Å². The van der Waals surface area contributed by atoms with Crippen molar-refractivity contribution in [1.29, 1.82) is 0 Å². The summed E-state index contributed by atoms with van der Waals surface area (Å²) < 4.78 is 13.1. The molecule has 0 radical (unpaired) electrons. The van der Waals surface area contributed by atoms with Crippen LogP contribution in [0, 0.1) is 99.2 Å². The molecule has 10 heteroatoms. The number of H-pyrrole nitrogens is 1. The van der Waals surface area contributed by atoms with Gasteiger partial charge in [0.1, 0.15) is 21.3 Å². The second-order valence-electron chi connectivity index (χ2n) is 3.40. The number of aromatic nitrogens is 4. The molecule has 3 rings (SSSR count). The Balaban J connectivity index is 0. The van der Waals surface area contributed by atoms with Crippen molar-refractivity contribution >= 4 is 33.2 Å². The van der Waals surface area contributed by atoms with Gasteiger partial charge in [-0.25, -0.2) is 4.39 Å². The maximum atomic E-state index is 12.3. The van der Waals surface area contributed by atoms with Crippen LogP contribution in [0.2, 0.25) is 0 Å². The van der Waals surface area contributed by atoms with E-state index >= 15 is 0 Å². The van der Waals surface area contributed by atoms with Crippen LogP contribution in [0.5, 0.6) is 0 Å². The number of fused-ring (bicyclic) bond motifs is 1. The molecule has 0 unspecified atom stereocenters. The zero-order valence-corrected chi connectivity index (χ0v) is 25.1. The van der Waals surface area contributed by atoms with Gasteiger partial charge in [0, 0.05) is 106 Å². The van der Waals surface area contributed by atoms with Gasteiger partial charge in [-0.15, -0.1) is 0 Å². The Kier molecular flexibility index (Phi) is 15.3. The summed E-state index contributed by atoms with van der Waals surface area (Å²) in [7, 11) is 0. The molecule has 0 bridgehead atoms. The Morgan fingerprint density at radius 2 is 1.73 bits per heavy atom. The molecule has 0 amide bonds. The molecule has 3 aromatic heterocycles. The molecule has 0 spiro atoms. The van der Waals surface area contributed by atoms with Crippen molar-refractivity contribution in [3.05, 3.63) is 52.8 Å². The molecule has 0 aromatic carbocycles. The molecule has 3 aromatic rings. The number of carbonyl (C=O) groups excluding carboxylic acids is 1. The number of nitrogens with zero attached hydrogens (tertiary/aromatic N) is 3. The van der Waals surface area contributed by atoms with Crippen LogP contribution in [0.15, 0.2) is 41.3 Å². The third-order valence-corrected chi connectivity index (χ3v) is 2.72. The summed E-state index contributed by atoms with van der Waals surface area (Å²) >= 11 is 3.29. The number of aromatic amines is 1. The fourth-order valence-corrected chi connectivity index (χ4v) is 1.70. The Labute approximate surface area is 205 Å². The van der Waals surface area contributed by atoms with E-state index in [2.05, 4.69) is 36.1 Å². The van der Waals surface area contributed by atoms with Crippen LogP contribution in [-0.2, 0) is 0 Å². The van der Waals surface area contributed by atoms with Crippen molar-refractivity contribution in [2.75, 3.05) is 0 Å². The van der Waals surface area contributed by atoms with Crippen LogP contribution in [0.4, 0.5) is 4.39 Å². The van der Waals surface area contributed by atoms with Crippen LogP contribution in [0.1, 0.15) is 10.5 Å². The third kappa shape index (κ3) is 7.27. The van der Waals surface area contributed by atoms with Gasteiger partial charge in [0.05, 0.1) is 0 Å². The van der Waals surface area contributed by atoms with Gasteiger partial charge in [-0.2, -0.15) is 5.10 Å². The summed E-state index contributed by atoms with van der Waals surface area (Å²) in [5.74, 6) is -0.576. The molecular formula is C12H8BrFN4OU3. The Bertz CT molecular complexity index is 713. The van der Waals surface area contributed by atoms with E-state index in [0.717, 1.165) is 15.6 Å². The molecule has 5 nitrogen and oxygen atoms in total. The first kappa shape index (κ1) is 25.2. The van der Waals surface area contributed by atoms with Gasteiger partial charge in [0.2, 0.25) is 0 Å². The van der Waals surface area contributed by atoms with Crippen LogP contribution in [0.3, 0.4) is 0 Å². The minimum absolute atomic E-state index is 0. The fourth-order valence-electron chi connectivity index (χ4n) is 1.30. The van der Waals surface area contributed by atoms with E-state index in [1.807, 2.05) is 12.1 Å². The van der Waals surface area contributed by atoms with E-state index < -0.39 is 5.82 Å². The topological polar surface area (TPSA) is 71.5 Å². The smallest absolute Gasteiger partial charge is 0.171 e. The largest absolute Gasteiger partial charge is 0.296 e. The number of nitrogens with one attached hydrogen (secondary N) is 1. The second kappa shape index (κ2) is 13.3. The van der Waals surface area contributed by atoms with Crippen LogP contribution < -0.4 is 0 Å². The van der Waals surface area contributed by atoms with Gasteiger partial charge in [0.25, 0.3) is 0 Å². The van der Waals surface area contributed by atoms with E-state index in [-0.39, 0.29) is 99.0 Å². The summed E-state index contributed by atoms with van der Waals surface area (Å²) in [6.07, 6.45) is 3.49. The summed E-state index contributed by atoms with van der Waals surface area (Å²) in [5.41, 5.74) is 1.62. The molecule has 1 N–H and O–H groups in total. The van der Waals surface area contributed by atoms with E-state index in [0.29, 0.717) is 6.29 Å². The Morgan fingerprint density at radius 1 is 1.09 bits per heavy atom. The van der Waals surface area contributed by atoms with Gasteiger partial charge in [0.15, 0.2) is 12.1 Å². The first-order chi connectivity index (χ1) is 9.22. The molecular weight excluding hydrogens is 1030 g/mol. The predicted molar refractivity (Wildman–Crippen MR) is 71.2 cm³/mol. The van der Waals surface area contributed by atoms with E-state index in [1.165, 1.54) is 18.3 Å². The van der Waals surface area contributed by atoms with Crippen molar-refractivity contribution in [1.82, 2.24) is 20.2 Å². The van der Waals surface area contributed by atoms with Gasteiger partial charge in [-0.1, -0.05) is 0 Å². The van der Waals surface area contributed by atoms with Gasteiger partial charge in [-0.05, 0) is 40.2 Å². The summed E-state index contributed by atoms with van der Waals surface area (Å²) in [5, 5.41) is 6.76. The summed E-state index contributed by atoms with van der Waals surface area (Å²) in [6.45, 7) is 0. The van der Waals surface area contributed by atoms with Crippen LogP contribution in [0.25, 0.3) is 11.0 Å². The van der Waals surface area contributed by atoms with Gasteiger partial charge in [-0.3, -0.25) is 19.9 Å². The normalized spacial score (nSPS) is 8.45. The van der Waals surface area contributed by atoms with E-state index in [4.69, 9.17) is 0 Å². The number of pyridine rings is 2. The minimum Gasteiger partial charge on any atom is -0.296 e. The molecule has 0 aliphatic carbocycles. The average molecular weight is 1040 g/mol. The maximum Gasteiger partial charge on any atom is 0.171 e. The van der Waals surface area contributed by atoms with Crippen LogP contribution in [-0.4, -0.2) is 26.5 Å². The standard InChI is InChI=1S/C6H4BrN3.C6H4FNO.3U/c7-6-5-4(9-10-6)2-1-3-8-5;7-5-2-1-3-8-6(5)4-9;;;/h1-3H,(H,9,10);1-4H;;;. The molecule has 0 atom stereocenters. The maximum absolute atomic E-state index is 12.3. The zero-order chi connectivity index (χ0) is 13.7. The second-order valence-corrected chi connectivity index (χ2v) is 4.19. The number of halogens is 2. The monoisotopic (exact) mass is 1040 g/mol. The van der Waals surface area contributed by atoms with Crippen molar-refractivity contribution < 1.29 is 103 Å². The third-order valence-electron chi connectivity index (χ3n) is 2.17. The molecule has 22 heavy (non-hydrogen) atoms. The number of rotatable bonds is 1. The minimum atomic E-state index is -0.576. The zero-order valence-electron chi connectivity index (χ0n) is 11.0. The Morgan fingerprint density at radius 3 is 2.27 bits per heavy atom. The quantitative estimate of drug-likeness (QED) is 0.382. The summed E-state index contributed by atoms with van der Waals surface area (Å²) in [4.78, 5) is 17.5. The molecule has 0 aliphatic rings. The number of carbonyl (C=O) groups is 1. The SMILES string of the molecule is Brc1[nH]nc2cccnc12.O=Cc1ncccc1F.[U].[U].[U]. The average Bonchev–Trinajstić information content (AvgIpc) is 2.82. The van der Waals surface area contributed by atoms with E-state index in [9.17, 15) is 9.18 Å². The number of hydrogen-bond acceptors (Lipinski definition) is 4. The fraction of sp³-hybridized carbons (Fsp3) is 0. The molecule has 3 heterocycles. The molecule has 0 aliphatic heterocycles. The predicted octanol–water partition coefficient (Wildman–Crippen LogP) is 2.75. The van der Waals surface area contributed by atoms with Crippen molar-refractivity contribution in [2.24, 2.45) is 0 Å². The van der Waals surface area contributed by atoms with Gasteiger partial charge >= 0.3 is 0 Å². The molecule has 0 saturated carbocycles. The number of hydrogen-bond donors (Lipinski definition) is 1. The first-order valence-corrected chi connectivity index (χ1v) is 6.02. The number of aldehydes is 1. The first-order valence-electron chi connectivity index (χ1n) is 5.22. The van der Waals surface area contributed by atoms with Crippen molar-refractivity contribution in [3.8, 4) is 0 Å². The van der Waals surface area contributed by atoms with Crippen molar-refractivity contribution in [3.63, 3.8) is 0 Å². The van der Waals surface area contributed by atoms with Crippen LogP contribution >= 0.6 is 15.9 Å². The Hall–Kier alpha value is 1.01.